The molecule has 0 spiro atoms. The first kappa shape index (κ1) is 14.4. The van der Waals surface area contributed by atoms with E-state index in [2.05, 4.69) is 4.74 Å². The van der Waals surface area contributed by atoms with E-state index in [-0.39, 0.29) is 6.42 Å². The third kappa shape index (κ3) is 2.77. The van der Waals surface area contributed by atoms with E-state index in [1.165, 1.54) is 0 Å². The van der Waals surface area contributed by atoms with E-state index in [0.29, 0.717) is 6.42 Å². The third-order valence-corrected chi connectivity index (χ3v) is 2.13. The number of ether oxygens (including phenoxy) is 1. The average Bonchev–Trinajstić information content (AvgIpc) is 2.34. The van der Waals surface area contributed by atoms with Crippen molar-refractivity contribution < 1.29 is 31.5 Å². The largest absolute Gasteiger partial charge is 0.461 e. The van der Waals surface area contributed by atoms with Crippen LogP contribution in [0.5, 0.6) is 0 Å². The quantitative estimate of drug-likeness (QED) is 0.363. The first-order valence-corrected chi connectivity index (χ1v) is 5.06. The van der Waals surface area contributed by atoms with Crippen molar-refractivity contribution in [3.05, 3.63) is 34.6 Å². The number of hydrogen-bond donors (Lipinski definition) is 0. The van der Waals surface area contributed by atoms with Crippen molar-refractivity contribution in [3.63, 3.8) is 0 Å². The molecule has 0 radical (unpaired) electrons. The van der Waals surface area contributed by atoms with E-state index < -0.39 is 47.2 Å². The zero-order valence-electron chi connectivity index (χ0n) is 9.33. The lowest BCUT2D eigenvalue weighted by Crippen LogP contribution is -2.11. The molecule has 0 saturated carbocycles. The lowest BCUT2D eigenvalue weighted by atomic mass is 10.2. The SMILES string of the molecule is CCCC(=O)OCc1c(F)c(F)c(F)c(F)c1F. The fourth-order valence-corrected chi connectivity index (χ4v) is 1.21. The van der Waals surface area contributed by atoms with Gasteiger partial charge < -0.3 is 4.74 Å². The topological polar surface area (TPSA) is 26.3 Å². The number of esters is 1. The molecule has 0 N–H and O–H groups in total. The Morgan fingerprint density at radius 1 is 0.944 bits per heavy atom. The second-order valence-electron chi connectivity index (χ2n) is 3.46. The van der Waals surface area contributed by atoms with Crippen LogP contribution in [-0.4, -0.2) is 5.97 Å². The predicted octanol–water partition coefficient (Wildman–Crippen LogP) is 3.23. The van der Waals surface area contributed by atoms with Gasteiger partial charge >= 0.3 is 5.97 Å². The van der Waals surface area contributed by atoms with Gasteiger partial charge in [-0.15, -0.1) is 0 Å². The summed E-state index contributed by atoms with van der Waals surface area (Å²) in [5.74, 6) is -11.1. The van der Waals surface area contributed by atoms with Crippen molar-refractivity contribution in [1.82, 2.24) is 0 Å². The van der Waals surface area contributed by atoms with E-state index in [0.717, 1.165) is 0 Å². The Bertz CT molecular complexity index is 444. The molecular formula is C11H9F5O2. The highest BCUT2D eigenvalue weighted by molar-refractivity contribution is 5.69. The molecular weight excluding hydrogens is 259 g/mol. The van der Waals surface area contributed by atoms with Gasteiger partial charge in [0.2, 0.25) is 5.82 Å². The summed E-state index contributed by atoms with van der Waals surface area (Å²) >= 11 is 0. The summed E-state index contributed by atoms with van der Waals surface area (Å²) < 4.78 is 68.9. The Morgan fingerprint density at radius 3 is 1.83 bits per heavy atom. The number of benzene rings is 1. The Morgan fingerprint density at radius 2 is 1.39 bits per heavy atom. The lowest BCUT2D eigenvalue weighted by Gasteiger charge is -2.08. The van der Waals surface area contributed by atoms with Gasteiger partial charge in [0, 0.05) is 6.42 Å². The summed E-state index contributed by atoms with van der Waals surface area (Å²) in [5.41, 5.74) is -1.16. The van der Waals surface area contributed by atoms with Gasteiger partial charge in [0.15, 0.2) is 23.3 Å². The maximum Gasteiger partial charge on any atom is 0.306 e. The second kappa shape index (κ2) is 5.79. The van der Waals surface area contributed by atoms with E-state index >= 15 is 0 Å². The van der Waals surface area contributed by atoms with Crippen LogP contribution < -0.4 is 0 Å². The van der Waals surface area contributed by atoms with Gasteiger partial charge in [-0.05, 0) is 6.42 Å². The van der Waals surface area contributed by atoms with Crippen LogP contribution >= 0.6 is 0 Å². The van der Waals surface area contributed by atoms with Crippen LogP contribution in [-0.2, 0) is 16.1 Å². The molecule has 0 aliphatic heterocycles. The summed E-state index contributed by atoms with van der Waals surface area (Å²) in [7, 11) is 0. The van der Waals surface area contributed by atoms with E-state index in [9.17, 15) is 26.7 Å². The van der Waals surface area contributed by atoms with Crippen LogP contribution in [0.3, 0.4) is 0 Å². The van der Waals surface area contributed by atoms with E-state index in [1.54, 1.807) is 6.92 Å². The Balaban J connectivity index is 2.99. The normalized spacial score (nSPS) is 10.6. The maximum atomic E-state index is 13.1. The molecule has 1 aromatic rings. The predicted molar refractivity (Wildman–Crippen MR) is 50.9 cm³/mol. The lowest BCUT2D eigenvalue weighted by molar-refractivity contribution is -0.145. The van der Waals surface area contributed by atoms with Crippen molar-refractivity contribution in [2.75, 3.05) is 0 Å². The summed E-state index contributed by atoms with van der Waals surface area (Å²) in [6.45, 7) is 0.671. The van der Waals surface area contributed by atoms with Gasteiger partial charge in [0.1, 0.15) is 6.61 Å². The minimum atomic E-state index is -2.24. The van der Waals surface area contributed by atoms with Crippen molar-refractivity contribution in [2.24, 2.45) is 0 Å². The second-order valence-corrected chi connectivity index (χ2v) is 3.46. The standard InChI is InChI=1S/C11H9F5O2/c1-2-3-6(17)18-4-5-7(12)9(14)11(16)10(15)8(5)13/h2-4H2,1H3. The summed E-state index contributed by atoms with van der Waals surface area (Å²) in [5, 5.41) is 0. The molecule has 7 heteroatoms. The summed E-state index contributed by atoms with van der Waals surface area (Å²) in [6.07, 6.45) is 0.436. The van der Waals surface area contributed by atoms with Gasteiger partial charge in [0.05, 0.1) is 5.56 Å². The summed E-state index contributed by atoms with van der Waals surface area (Å²) in [4.78, 5) is 10.9. The molecule has 0 bridgehead atoms. The van der Waals surface area contributed by atoms with Crippen molar-refractivity contribution >= 4 is 5.97 Å². The molecule has 18 heavy (non-hydrogen) atoms. The third-order valence-electron chi connectivity index (χ3n) is 2.13. The molecule has 100 valence electrons. The molecule has 0 amide bonds. The van der Waals surface area contributed by atoms with Crippen LogP contribution in [0.1, 0.15) is 25.3 Å². The van der Waals surface area contributed by atoms with E-state index in [1.807, 2.05) is 0 Å². The van der Waals surface area contributed by atoms with Gasteiger partial charge in [-0.1, -0.05) is 6.92 Å². The number of rotatable bonds is 4. The smallest absolute Gasteiger partial charge is 0.306 e. The number of carbonyl (C=O) groups is 1. The maximum absolute atomic E-state index is 13.1. The van der Waals surface area contributed by atoms with Crippen molar-refractivity contribution in [1.29, 1.82) is 0 Å². The molecule has 0 saturated heterocycles. The Kier molecular flexibility index (Phi) is 4.63. The van der Waals surface area contributed by atoms with Crippen LogP contribution in [0, 0.1) is 29.1 Å². The minimum Gasteiger partial charge on any atom is -0.461 e. The highest BCUT2D eigenvalue weighted by Gasteiger charge is 2.26. The van der Waals surface area contributed by atoms with Crippen LogP contribution in [0.25, 0.3) is 0 Å². The van der Waals surface area contributed by atoms with E-state index in [4.69, 9.17) is 0 Å². The van der Waals surface area contributed by atoms with Crippen LogP contribution in [0.4, 0.5) is 22.0 Å². The fourth-order valence-electron chi connectivity index (χ4n) is 1.21. The Labute approximate surface area is 99.4 Å². The van der Waals surface area contributed by atoms with Gasteiger partial charge in [0.25, 0.3) is 0 Å². The van der Waals surface area contributed by atoms with Crippen molar-refractivity contribution in [2.45, 2.75) is 26.4 Å². The molecule has 0 heterocycles. The molecule has 0 fully saturated rings. The fraction of sp³-hybridized carbons (Fsp3) is 0.364. The molecule has 2 nitrogen and oxygen atoms in total. The van der Waals surface area contributed by atoms with Gasteiger partial charge in [-0.2, -0.15) is 0 Å². The minimum absolute atomic E-state index is 0.00457. The molecule has 1 rings (SSSR count). The highest BCUT2D eigenvalue weighted by atomic mass is 19.2. The number of hydrogen-bond acceptors (Lipinski definition) is 2. The molecule has 0 aromatic heterocycles. The molecule has 1 aromatic carbocycles. The van der Waals surface area contributed by atoms with Crippen LogP contribution in [0.2, 0.25) is 0 Å². The number of halogens is 5. The molecule has 0 unspecified atom stereocenters. The van der Waals surface area contributed by atoms with Gasteiger partial charge in [-0.25, -0.2) is 22.0 Å². The van der Waals surface area contributed by atoms with Crippen LogP contribution in [0.15, 0.2) is 0 Å². The Hall–Kier alpha value is -1.66. The zero-order valence-corrected chi connectivity index (χ0v) is 9.33. The molecule has 0 aliphatic carbocycles. The summed E-state index contributed by atoms with van der Waals surface area (Å²) in [6, 6.07) is 0. The number of carbonyl (C=O) groups excluding carboxylic acids is 1. The molecule has 0 atom stereocenters. The monoisotopic (exact) mass is 268 g/mol. The average molecular weight is 268 g/mol. The first-order valence-electron chi connectivity index (χ1n) is 5.06. The molecule has 0 aliphatic rings. The van der Waals surface area contributed by atoms with Gasteiger partial charge in [-0.3, -0.25) is 4.79 Å². The highest BCUT2D eigenvalue weighted by Crippen LogP contribution is 2.23. The first-order chi connectivity index (χ1) is 8.40. The van der Waals surface area contributed by atoms with Crippen molar-refractivity contribution in [3.8, 4) is 0 Å². The zero-order chi connectivity index (χ0) is 13.9.